The number of benzene rings is 4. The summed E-state index contributed by atoms with van der Waals surface area (Å²) in [4.78, 5) is 9.18. The number of nitrogens with zero attached hydrogens (tertiary/aromatic N) is 2. The van der Waals surface area contributed by atoms with Crippen LogP contribution in [-0.4, -0.2) is 18.0 Å². The van der Waals surface area contributed by atoms with Crippen molar-refractivity contribution < 1.29 is 24.5 Å². The van der Waals surface area contributed by atoms with Crippen LogP contribution in [0.25, 0.3) is 55.6 Å². The summed E-state index contributed by atoms with van der Waals surface area (Å²) in [6.45, 7) is 13.7. The van der Waals surface area contributed by atoms with Gasteiger partial charge in [-0.1, -0.05) is 110 Å². The zero-order valence-corrected chi connectivity index (χ0v) is 30.6. The van der Waals surface area contributed by atoms with E-state index in [4.69, 9.17) is 4.42 Å². The summed E-state index contributed by atoms with van der Waals surface area (Å²) in [5.74, 6) is 0.534. The van der Waals surface area contributed by atoms with E-state index in [1.54, 1.807) is 0 Å². The molecule has 3 heterocycles. The molecule has 0 bridgehead atoms. The standard InChI is InChI=1S/C24H16NO.C17H22NSi.Ir/c1-16-13-14-25-21(15-16)19-10-5-11-20-23-18(17-7-3-2-4-8-17)9-6-12-22(23)26-24(19)20;1-13(2)15-11-16(14-9-7-6-8-10-14)18-12-17(15)19(3,4)5;/h2-9,11-15H,1H3;6-9,11-13H,1-5H3;/q2*-1;. The zero-order chi connectivity index (χ0) is 31.6. The van der Waals surface area contributed by atoms with Gasteiger partial charge < -0.3 is 14.4 Å². The van der Waals surface area contributed by atoms with Crippen LogP contribution in [0.1, 0.15) is 30.9 Å². The molecule has 0 unspecified atom stereocenters. The molecule has 0 aliphatic heterocycles. The van der Waals surface area contributed by atoms with Crippen LogP contribution < -0.4 is 5.19 Å². The number of hydrogen-bond donors (Lipinski definition) is 0. The molecule has 5 heteroatoms. The van der Waals surface area contributed by atoms with Crippen molar-refractivity contribution in [3.8, 4) is 33.6 Å². The maximum atomic E-state index is 6.27. The van der Waals surface area contributed by atoms with Gasteiger partial charge >= 0.3 is 0 Å². The van der Waals surface area contributed by atoms with Crippen molar-refractivity contribution in [1.29, 1.82) is 0 Å². The molecule has 0 fully saturated rings. The molecule has 7 aromatic rings. The monoisotopic (exact) mass is 795 g/mol. The van der Waals surface area contributed by atoms with Gasteiger partial charge in [-0.3, -0.25) is 0 Å². The van der Waals surface area contributed by atoms with Gasteiger partial charge in [0.1, 0.15) is 5.58 Å². The number of hydrogen-bond acceptors (Lipinski definition) is 3. The Balaban J connectivity index is 0.000000187. The molecule has 7 rings (SSSR count). The van der Waals surface area contributed by atoms with Crippen molar-refractivity contribution in [3.63, 3.8) is 0 Å². The molecule has 0 N–H and O–H groups in total. The minimum absolute atomic E-state index is 0. The van der Waals surface area contributed by atoms with Crippen LogP contribution in [0.15, 0.2) is 120 Å². The van der Waals surface area contributed by atoms with Gasteiger partial charge in [0.15, 0.2) is 0 Å². The van der Waals surface area contributed by atoms with Crippen LogP contribution in [0, 0.1) is 19.1 Å². The maximum Gasteiger partial charge on any atom is 0.121 e. The fraction of sp³-hybridized carbons (Fsp3) is 0.171. The third-order valence-electron chi connectivity index (χ3n) is 8.06. The first-order valence-corrected chi connectivity index (χ1v) is 19.0. The molecule has 0 spiro atoms. The molecule has 0 aliphatic rings. The van der Waals surface area contributed by atoms with E-state index >= 15 is 0 Å². The van der Waals surface area contributed by atoms with Gasteiger partial charge in [-0.25, -0.2) is 0 Å². The molecule has 0 atom stereocenters. The minimum atomic E-state index is -1.34. The number of fused-ring (bicyclic) bond motifs is 3. The first-order chi connectivity index (χ1) is 21.7. The van der Waals surface area contributed by atoms with Gasteiger partial charge in [0.2, 0.25) is 0 Å². The van der Waals surface area contributed by atoms with E-state index < -0.39 is 8.07 Å². The van der Waals surface area contributed by atoms with Crippen LogP contribution >= 0.6 is 0 Å². The van der Waals surface area contributed by atoms with E-state index in [2.05, 4.69) is 123 Å². The molecule has 0 saturated heterocycles. The predicted octanol–water partition coefficient (Wildman–Crippen LogP) is 10.6. The van der Waals surface area contributed by atoms with Crippen LogP contribution in [0.4, 0.5) is 0 Å². The quantitative estimate of drug-likeness (QED) is 0.129. The second-order valence-corrected chi connectivity index (χ2v) is 17.8. The van der Waals surface area contributed by atoms with Gasteiger partial charge in [0.05, 0.1) is 13.7 Å². The molecule has 3 nitrogen and oxygen atoms in total. The molecular formula is C41H38IrN2OSi-2. The van der Waals surface area contributed by atoms with Crippen LogP contribution in [-0.2, 0) is 20.1 Å². The number of aryl methyl sites for hydroxylation is 1. The Morgan fingerprint density at radius 1 is 0.761 bits per heavy atom. The number of furan rings is 1. The molecular weight excluding hydrogens is 757 g/mol. The molecule has 46 heavy (non-hydrogen) atoms. The second kappa shape index (κ2) is 14.1. The number of pyridine rings is 2. The zero-order valence-electron chi connectivity index (χ0n) is 27.2. The topological polar surface area (TPSA) is 38.9 Å². The van der Waals surface area contributed by atoms with Gasteiger partial charge in [-0.2, -0.15) is 0 Å². The summed E-state index contributed by atoms with van der Waals surface area (Å²) in [6, 6.07) is 41.6. The van der Waals surface area contributed by atoms with Crippen molar-refractivity contribution in [3.05, 3.63) is 139 Å². The van der Waals surface area contributed by atoms with E-state index in [1.807, 2.05) is 54.7 Å². The minimum Gasteiger partial charge on any atom is -0.501 e. The summed E-state index contributed by atoms with van der Waals surface area (Å²) in [6.07, 6.45) is 3.92. The predicted molar refractivity (Wildman–Crippen MR) is 192 cm³/mol. The SMILES string of the molecule is CC(C)c1cc(-c2[c-]cccc2)ncc1[Si](C)(C)C.Cc1ccnc(-c2[c-]ccc3c2oc2cccc(-c4ccccc4)c23)c1.[Ir]. The first-order valence-electron chi connectivity index (χ1n) is 15.5. The normalized spacial score (nSPS) is 11.3. The molecule has 1 radical (unpaired) electrons. The van der Waals surface area contributed by atoms with Crippen molar-refractivity contribution in [2.24, 2.45) is 0 Å². The summed E-state index contributed by atoms with van der Waals surface area (Å²) in [5.41, 5.74) is 10.6. The van der Waals surface area contributed by atoms with Crippen molar-refractivity contribution >= 4 is 35.2 Å². The van der Waals surface area contributed by atoms with E-state index in [0.29, 0.717) is 5.92 Å². The number of rotatable bonds is 5. The molecule has 0 amide bonds. The third-order valence-corrected chi connectivity index (χ3v) is 10.1. The molecule has 3 aromatic heterocycles. The average molecular weight is 795 g/mol. The summed E-state index contributed by atoms with van der Waals surface area (Å²) >= 11 is 0. The van der Waals surface area contributed by atoms with Gasteiger partial charge in [0.25, 0.3) is 0 Å². The molecule has 0 aliphatic carbocycles. The summed E-state index contributed by atoms with van der Waals surface area (Å²) in [5, 5.41) is 3.70. The molecule has 233 valence electrons. The van der Waals surface area contributed by atoms with Crippen molar-refractivity contribution in [1.82, 2.24) is 9.97 Å². The van der Waals surface area contributed by atoms with Crippen LogP contribution in [0.5, 0.6) is 0 Å². The smallest absolute Gasteiger partial charge is 0.121 e. The van der Waals surface area contributed by atoms with Crippen LogP contribution in [0.2, 0.25) is 19.6 Å². The Labute approximate surface area is 287 Å². The number of aromatic nitrogens is 2. The van der Waals surface area contributed by atoms with E-state index in [1.165, 1.54) is 27.4 Å². The maximum absolute atomic E-state index is 6.27. The van der Waals surface area contributed by atoms with Gasteiger partial charge in [-0.05, 0) is 52.7 Å². The Morgan fingerprint density at radius 3 is 2.24 bits per heavy atom. The van der Waals surface area contributed by atoms with E-state index in [9.17, 15) is 0 Å². The third kappa shape index (κ3) is 6.98. The second-order valence-electron chi connectivity index (χ2n) is 12.8. The van der Waals surface area contributed by atoms with E-state index in [0.717, 1.165) is 44.5 Å². The molecule has 4 aromatic carbocycles. The fourth-order valence-electron chi connectivity index (χ4n) is 5.79. The van der Waals surface area contributed by atoms with E-state index in [-0.39, 0.29) is 20.1 Å². The molecule has 0 saturated carbocycles. The summed E-state index contributed by atoms with van der Waals surface area (Å²) in [7, 11) is -1.34. The van der Waals surface area contributed by atoms with Crippen molar-refractivity contribution in [2.45, 2.75) is 46.3 Å². The van der Waals surface area contributed by atoms with Crippen LogP contribution in [0.3, 0.4) is 0 Å². The largest absolute Gasteiger partial charge is 0.501 e. The average Bonchev–Trinajstić information content (AvgIpc) is 3.44. The summed E-state index contributed by atoms with van der Waals surface area (Å²) < 4.78 is 6.27. The van der Waals surface area contributed by atoms with Gasteiger partial charge in [-0.15, -0.1) is 54.1 Å². The Bertz CT molecular complexity index is 2080. The van der Waals surface area contributed by atoms with Gasteiger partial charge in [0, 0.05) is 37.9 Å². The fourth-order valence-corrected chi connectivity index (χ4v) is 7.47. The first kappa shape index (κ1) is 33.2. The Hall–Kier alpha value is -4.15. The Morgan fingerprint density at radius 2 is 1.54 bits per heavy atom. The van der Waals surface area contributed by atoms with Crippen molar-refractivity contribution in [2.75, 3.05) is 0 Å². The Kier molecular flexibility index (Phi) is 10.2.